The van der Waals surface area contributed by atoms with E-state index in [4.69, 9.17) is 21.1 Å². The van der Waals surface area contributed by atoms with Crippen molar-refractivity contribution in [3.63, 3.8) is 0 Å². The van der Waals surface area contributed by atoms with Crippen LogP contribution in [0.25, 0.3) is 0 Å². The third kappa shape index (κ3) is 5.27. The van der Waals surface area contributed by atoms with Gasteiger partial charge in [0.1, 0.15) is 18.1 Å². The molecule has 0 radical (unpaired) electrons. The molecular formula is C22H19BrClNO3. The molecule has 0 aliphatic rings. The lowest BCUT2D eigenvalue weighted by Gasteiger charge is -2.14. The van der Waals surface area contributed by atoms with Crippen LogP contribution in [0.1, 0.15) is 22.8 Å². The Balaban J connectivity index is 1.79. The molecule has 3 aromatic rings. The van der Waals surface area contributed by atoms with Gasteiger partial charge in [0.05, 0.1) is 12.3 Å². The molecule has 3 aromatic carbocycles. The molecule has 3 rings (SSSR count). The summed E-state index contributed by atoms with van der Waals surface area (Å²) < 4.78 is 12.3. The lowest BCUT2D eigenvalue weighted by Crippen LogP contribution is -2.13. The van der Waals surface area contributed by atoms with E-state index >= 15 is 0 Å². The predicted molar refractivity (Wildman–Crippen MR) is 115 cm³/mol. The molecule has 0 fully saturated rings. The van der Waals surface area contributed by atoms with Crippen LogP contribution >= 0.6 is 27.5 Å². The highest BCUT2D eigenvalue weighted by molar-refractivity contribution is 9.10. The number of ether oxygens (including phenoxy) is 2. The van der Waals surface area contributed by atoms with Crippen LogP contribution in [0.15, 0.2) is 71.2 Å². The molecule has 0 aliphatic carbocycles. The normalized spacial score (nSPS) is 10.4. The molecule has 0 unspecified atom stereocenters. The van der Waals surface area contributed by atoms with Gasteiger partial charge in [0, 0.05) is 20.6 Å². The summed E-state index contributed by atoms with van der Waals surface area (Å²) in [5.41, 5.74) is 2.02. The van der Waals surface area contributed by atoms with E-state index < -0.39 is 0 Å². The summed E-state index contributed by atoms with van der Waals surface area (Å²) in [5, 5.41) is 3.55. The van der Waals surface area contributed by atoms with Gasteiger partial charge in [0.15, 0.2) is 0 Å². The number of amides is 1. The highest BCUT2D eigenvalue weighted by atomic mass is 79.9. The number of benzene rings is 3. The summed E-state index contributed by atoms with van der Waals surface area (Å²) in [6.45, 7) is 2.71. The first-order chi connectivity index (χ1) is 13.6. The van der Waals surface area contributed by atoms with E-state index in [1.165, 1.54) is 0 Å². The predicted octanol–water partition coefficient (Wildman–Crippen LogP) is 6.33. The third-order valence-corrected chi connectivity index (χ3v) is 4.90. The van der Waals surface area contributed by atoms with Gasteiger partial charge >= 0.3 is 0 Å². The van der Waals surface area contributed by atoms with Gasteiger partial charge in [-0.3, -0.25) is 4.79 Å². The van der Waals surface area contributed by atoms with Crippen LogP contribution in [0.3, 0.4) is 0 Å². The van der Waals surface area contributed by atoms with Crippen molar-refractivity contribution in [3.05, 3.63) is 87.4 Å². The van der Waals surface area contributed by atoms with Crippen LogP contribution in [-0.2, 0) is 6.61 Å². The minimum absolute atomic E-state index is 0.206. The van der Waals surface area contributed by atoms with Crippen molar-refractivity contribution in [1.29, 1.82) is 0 Å². The Morgan fingerprint density at radius 3 is 2.50 bits per heavy atom. The van der Waals surface area contributed by atoms with E-state index in [0.29, 0.717) is 34.4 Å². The van der Waals surface area contributed by atoms with Gasteiger partial charge in [-0.05, 0) is 77.5 Å². The maximum atomic E-state index is 12.7. The quantitative estimate of drug-likeness (QED) is 0.448. The highest BCUT2D eigenvalue weighted by Crippen LogP contribution is 2.25. The lowest BCUT2D eigenvalue weighted by atomic mass is 10.1. The number of nitrogens with one attached hydrogen (secondary N) is 1. The van der Waals surface area contributed by atoms with E-state index in [9.17, 15) is 4.79 Å². The molecular weight excluding hydrogens is 442 g/mol. The van der Waals surface area contributed by atoms with Crippen LogP contribution in [0.4, 0.5) is 5.69 Å². The number of anilines is 1. The molecule has 144 valence electrons. The topological polar surface area (TPSA) is 47.6 Å². The Labute approximate surface area is 177 Å². The zero-order chi connectivity index (χ0) is 19.9. The van der Waals surface area contributed by atoms with Crippen LogP contribution in [-0.4, -0.2) is 12.5 Å². The largest absolute Gasteiger partial charge is 0.493 e. The summed E-state index contributed by atoms with van der Waals surface area (Å²) in [6.07, 6.45) is 0. The van der Waals surface area contributed by atoms with Crippen LogP contribution in [0, 0.1) is 0 Å². The van der Waals surface area contributed by atoms with Gasteiger partial charge in [0.2, 0.25) is 0 Å². The third-order valence-electron chi connectivity index (χ3n) is 3.95. The summed E-state index contributed by atoms with van der Waals surface area (Å²) in [5.74, 6) is 1.17. The first-order valence-corrected chi connectivity index (χ1v) is 9.94. The highest BCUT2D eigenvalue weighted by Gasteiger charge is 2.13. The van der Waals surface area contributed by atoms with Crippen molar-refractivity contribution in [1.82, 2.24) is 0 Å². The zero-order valence-electron chi connectivity index (χ0n) is 15.2. The molecule has 0 bridgehead atoms. The van der Waals surface area contributed by atoms with Gasteiger partial charge in [-0.2, -0.15) is 0 Å². The number of hydrogen-bond donors (Lipinski definition) is 1. The molecule has 0 spiro atoms. The Bertz CT molecular complexity index is 960. The maximum Gasteiger partial charge on any atom is 0.255 e. The Hall–Kier alpha value is -2.50. The first kappa shape index (κ1) is 20.2. The number of hydrogen-bond acceptors (Lipinski definition) is 3. The molecule has 0 saturated heterocycles. The van der Waals surface area contributed by atoms with Crippen LogP contribution < -0.4 is 14.8 Å². The first-order valence-electron chi connectivity index (χ1n) is 8.77. The molecule has 0 aliphatic heterocycles. The molecule has 0 aromatic heterocycles. The Morgan fingerprint density at radius 1 is 1.04 bits per heavy atom. The van der Waals surface area contributed by atoms with Crippen LogP contribution in [0.2, 0.25) is 5.02 Å². The fourth-order valence-corrected chi connectivity index (χ4v) is 3.09. The van der Waals surface area contributed by atoms with Gasteiger partial charge in [-0.25, -0.2) is 0 Å². The zero-order valence-corrected chi connectivity index (χ0v) is 17.6. The second-order valence-electron chi connectivity index (χ2n) is 5.93. The Kier molecular flexibility index (Phi) is 6.95. The van der Waals surface area contributed by atoms with Crippen LogP contribution in [0.5, 0.6) is 11.5 Å². The summed E-state index contributed by atoms with van der Waals surface area (Å²) >= 11 is 9.34. The summed E-state index contributed by atoms with van der Waals surface area (Å²) in [6, 6.07) is 19.9. The monoisotopic (exact) mass is 459 g/mol. The molecule has 4 nitrogen and oxygen atoms in total. The number of rotatable bonds is 7. The fraction of sp³-hybridized carbons (Fsp3) is 0.136. The molecule has 1 amide bonds. The molecule has 1 N–H and O–H groups in total. The fourth-order valence-electron chi connectivity index (χ4n) is 2.58. The molecule has 6 heteroatoms. The summed E-state index contributed by atoms with van der Waals surface area (Å²) in [7, 11) is 0. The van der Waals surface area contributed by atoms with E-state index in [1.807, 2.05) is 31.2 Å². The average Bonchev–Trinajstić information content (AvgIpc) is 2.70. The van der Waals surface area contributed by atoms with Crippen molar-refractivity contribution >= 4 is 39.1 Å². The van der Waals surface area contributed by atoms with E-state index in [-0.39, 0.29) is 12.5 Å². The minimum atomic E-state index is -0.206. The number of para-hydroxylation sites is 1. The minimum Gasteiger partial charge on any atom is -0.493 e. The van der Waals surface area contributed by atoms with Gasteiger partial charge < -0.3 is 14.8 Å². The van der Waals surface area contributed by atoms with Crippen molar-refractivity contribution < 1.29 is 14.3 Å². The second-order valence-corrected chi connectivity index (χ2v) is 7.22. The summed E-state index contributed by atoms with van der Waals surface area (Å²) in [4.78, 5) is 12.7. The SMILES string of the molecule is CCOc1ccc(C(=O)Nc2ccccc2Br)cc1COc1ccc(Cl)cc1. The molecule has 28 heavy (non-hydrogen) atoms. The molecule has 0 heterocycles. The second kappa shape index (κ2) is 9.62. The lowest BCUT2D eigenvalue weighted by molar-refractivity contribution is 0.102. The number of carbonyl (C=O) groups is 1. The Morgan fingerprint density at radius 2 is 1.79 bits per heavy atom. The van der Waals surface area contributed by atoms with E-state index in [0.717, 1.165) is 10.0 Å². The number of halogens is 2. The van der Waals surface area contributed by atoms with Crippen molar-refractivity contribution in [2.75, 3.05) is 11.9 Å². The van der Waals surface area contributed by atoms with E-state index in [1.54, 1.807) is 42.5 Å². The van der Waals surface area contributed by atoms with Gasteiger partial charge in [0.25, 0.3) is 5.91 Å². The molecule has 0 saturated carbocycles. The smallest absolute Gasteiger partial charge is 0.255 e. The standard InChI is InChI=1S/C22H19BrClNO3/c1-2-27-21-12-7-15(22(26)25-20-6-4-3-5-19(20)23)13-16(21)14-28-18-10-8-17(24)9-11-18/h3-13H,2,14H2,1H3,(H,25,26). The van der Waals surface area contributed by atoms with Crippen molar-refractivity contribution in [2.24, 2.45) is 0 Å². The average molecular weight is 461 g/mol. The van der Waals surface area contributed by atoms with Gasteiger partial charge in [-0.15, -0.1) is 0 Å². The van der Waals surface area contributed by atoms with E-state index in [2.05, 4.69) is 21.2 Å². The maximum absolute atomic E-state index is 12.7. The number of carbonyl (C=O) groups excluding carboxylic acids is 1. The van der Waals surface area contributed by atoms with Crippen molar-refractivity contribution in [3.8, 4) is 11.5 Å². The molecule has 0 atom stereocenters. The van der Waals surface area contributed by atoms with Gasteiger partial charge in [-0.1, -0.05) is 23.7 Å². The van der Waals surface area contributed by atoms with Crippen molar-refractivity contribution in [2.45, 2.75) is 13.5 Å².